The molecule has 20 heavy (non-hydrogen) atoms. The summed E-state index contributed by atoms with van der Waals surface area (Å²) in [5.41, 5.74) is 5.94. The maximum absolute atomic E-state index is 12.4. The Balaban J connectivity index is 1.74. The molecule has 0 heterocycles. The molecule has 2 N–H and O–H groups in total. The van der Waals surface area contributed by atoms with Gasteiger partial charge in [-0.05, 0) is 63.2 Å². The third kappa shape index (κ3) is 4.21. The minimum atomic E-state index is 0.366. The Morgan fingerprint density at radius 3 is 2.10 bits per heavy atom. The third-order valence-electron chi connectivity index (χ3n) is 5.69. The molecule has 0 bridgehead atoms. The Kier molecular flexibility index (Phi) is 5.88. The van der Waals surface area contributed by atoms with Crippen molar-refractivity contribution in [2.45, 2.75) is 83.2 Å². The standard InChI is InChI=1S/C17H32N2O/c1-3-13-6-10-16(11-7-13)19(2)17(20)12-14-4-8-15(18)9-5-14/h13-16H,3-12,18H2,1-2H3. The van der Waals surface area contributed by atoms with Crippen LogP contribution in [0.25, 0.3) is 0 Å². The first-order valence-corrected chi connectivity index (χ1v) is 8.61. The van der Waals surface area contributed by atoms with Gasteiger partial charge in [0.25, 0.3) is 0 Å². The first-order chi connectivity index (χ1) is 9.60. The molecule has 116 valence electrons. The van der Waals surface area contributed by atoms with Crippen LogP contribution in [0.2, 0.25) is 0 Å². The first-order valence-electron chi connectivity index (χ1n) is 8.61. The maximum atomic E-state index is 12.4. The van der Waals surface area contributed by atoms with Gasteiger partial charge in [-0.15, -0.1) is 0 Å². The van der Waals surface area contributed by atoms with Gasteiger partial charge in [0.05, 0.1) is 0 Å². The van der Waals surface area contributed by atoms with Crippen molar-refractivity contribution in [2.75, 3.05) is 7.05 Å². The molecule has 0 unspecified atom stereocenters. The summed E-state index contributed by atoms with van der Waals surface area (Å²) in [7, 11) is 2.02. The molecule has 3 heteroatoms. The molecule has 1 amide bonds. The molecule has 0 aromatic heterocycles. The van der Waals surface area contributed by atoms with Crippen molar-refractivity contribution < 1.29 is 4.79 Å². The van der Waals surface area contributed by atoms with Gasteiger partial charge >= 0.3 is 0 Å². The van der Waals surface area contributed by atoms with Crippen LogP contribution in [-0.4, -0.2) is 29.9 Å². The second-order valence-corrected chi connectivity index (χ2v) is 7.07. The highest BCUT2D eigenvalue weighted by Crippen LogP contribution is 2.31. The van der Waals surface area contributed by atoms with E-state index in [1.807, 2.05) is 7.05 Å². The molecule has 0 aromatic rings. The van der Waals surface area contributed by atoms with E-state index in [9.17, 15) is 4.79 Å². The molecule has 2 aliphatic carbocycles. The van der Waals surface area contributed by atoms with Crippen molar-refractivity contribution in [2.24, 2.45) is 17.6 Å². The van der Waals surface area contributed by atoms with E-state index in [1.54, 1.807) is 0 Å². The average Bonchev–Trinajstić information content (AvgIpc) is 2.49. The number of rotatable bonds is 4. The molecule has 0 aliphatic heterocycles. The Labute approximate surface area is 124 Å². The maximum Gasteiger partial charge on any atom is 0.222 e. The van der Waals surface area contributed by atoms with Crippen molar-refractivity contribution in [3.8, 4) is 0 Å². The Morgan fingerprint density at radius 1 is 1.00 bits per heavy atom. The number of hydrogen-bond acceptors (Lipinski definition) is 2. The van der Waals surface area contributed by atoms with Gasteiger partial charge in [-0.2, -0.15) is 0 Å². The lowest BCUT2D eigenvalue weighted by atomic mass is 9.82. The van der Waals surface area contributed by atoms with Gasteiger partial charge in [0.2, 0.25) is 5.91 Å². The zero-order chi connectivity index (χ0) is 14.5. The number of nitrogens with two attached hydrogens (primary N) is 1. The molecule has 0 saturated heterocycles. The van der Waals surface area contributed by atoms with Gasteiger partial charge in [-0.25, -0.2) is 0 Å². The average molecular weight is 280 g/mol. The summed E-state index contributed by atoms with van der Waals surface area (Å²) in [4.78, 5) is 14.5. The van der Waals surface area contributed by atoms with Crippen molar-refractivity contribution in [1.29, 1.82) is 0 Å². The smallest absolute Gasteiger partial charge is 0.222 e. The van der Waals surface area contributed by atoms with Crippen molar-refractivity contribution in [3.63, 3.8) is 0 Å². The molecule has 0 radical (unpaired) electrons. The topological polar surface area (TPSA) is 46.3 Å². The quantitative estimate of drug-likeness (QED) is 0.858. The lowest BCUT2D eigenvalue weighted by molar-refractivity contribution is -0.134. The zero-order valence-electron chi connectivity index (χ0n) is 13.3. The van der Waals surface area contributed by atoms with E-state index in [0.717, 1.165) is 38.0 Å². The first kappa shape index (κ1) is 15.8. The zero-order valence-corrected chi connectivity index (χ0v) is 13.3. The van der Waals surface area contributed by atoms with Gasteiger partial charge in [-0.3, -0.25) is 4.79 Å². The van der Waals surface area contributed by atoms with Crippen LogP contribution >= 0.6 is 0 Å². The SMILES string of the molecule is CCC1CCC(N(C)C(=O)CC2CCC(N)CC2)CC1. The number of nitrogens with zero attached hydrogens (tertiary/aromatic N) is 1. The van der Waals surface area contributed by atoms with E-state index in [0.29, 0.717) is 23.9 Å². The predicted octanol–water partition coefficient (Wildman–Crippen LogP) is 3.32. The van der Waals surface area contributed by atoms with Crippen LogP contribution in [-0.2, 0) is 4.79 Å². The molecule has 2 fully saturated rings. The fourth-order valence-corrected chi connectivity index (χ4v) is 3.93. The van der Waals surface area contributed by atoms with Crippen LogP contribution in [0.5, 0.6) is 0 Å². The molecular weight excluding hydrogens is 248 g/mol. The summed E-state index contributed by atoms with van der Waals surface area (Å²) in [5, 5.41) is 0. The lowest BCUT2D eigenvalue weighted by Crippen LogP contribution is -2.40. The highest BCUT2D eigenvalue weighted by atomic mass is 16.2. The molecule has 2 saturated carbocycles. The van der Waals surface area contributed by atoms with Crippen molar-refractivity contribution in [1.82, 2.24) is 4.90 Å². The second-order valence-electron chi connectivity index (χ2n) is 7.07. The van der Waals surface area contributed by atoms with Crippen molar-refractivity contribution in [3.05, 3.63) is 0 Å². The number of amides is 1. The van der Waals surface area contributed by atoms with E-state index in [4.69, 9.17) is 5.73 Å². The molecule has 0 aromatic carbocycles. The van der Waals surface area contributed by atoms with Crippen LogP contribution in [0, 0.1) is 11.8 Å². The van der Waals surface area contributed by atoms with Crippen LogP contribution < -0.4 is 5.73 Å². The highest BCUT2D eigenvalue weighted by molar-refractivity contribution is 5.76. The van der Waals surface area contributed by atoms with Crippen LogP contribution in [0.3, 0.4) is 0 Å². The molecule has 0 atom stereocenters. The number of hydrogen-bond donors (Lipinski definition) is 1. The Hall–Kier alpha value is -0.570. The van der Waals surface area contributed by atoms with Crippen LogP contribution in [0.1, 0.15) is 71.1 Å². The second kappa shape index (κ2) is 7.44. The van der Waals surface area contributed by atoms with E-state index in [2.05, 4.69) is 11.8 Å². The van der Waals surface area contributed by atoms with E-state index in [-0.39, 0.29) is 0 Å². The Bertz CT molecular complexity index is 302. The number of carbonyl (C=O) groups is 1. The fourth-order valence-electron chi connectivity index (χ4n) is 3.93. The molecule has 2 aliphatic rings. The van der Waals surface area contributed by atoms with Gasteiger partial charge in [-0.1, -0.05) is 13.3 Å². The van der Waals surface area contributed by atoms with Gasteiger partial charge in [0.1, 0.15) is 0 Å². The van der Waals surface area contributed by atoms with E-state index >= 15 is 0 Å². The summed E-state index contributed by atoms with van der Waals surface area (Å²) in [6, 6.07) is 0.875. The third-order valence-corrected chi connectivity index (χ3v) is 5.69. The number of carbonyl (C=O) groups excluding carboxylic acids is 1. The largest absolute Gasteiger partial charge is 0.343 e. The predicted molar refractivity (Wildman–Crippen MR) is 83.4 cm³/mol. The van der Waals surface area contributed by atoms with Crippen LogP contribution in [0.4, 0.5) is 0 Å². The van der Waals surface area contributed by atoms with Crippen molar-refractivity contribution >= 4 is 5.91 Å². The Morgan fingerprint density at radius 2 is 1.55 bits per heavy atom. The van der Waals surface area contributed by atoms with Crippen LogP contribution in [0.15, 0.2) is 0 Å². The monoisotopic (exact) mass is 280 g/mol. The minimum Gasteiger partial charge on any atom is -0.343 e. The molecule has 0 spiro atoms. The highest BCUT2D eigenvalue weighted by Gasteiger charge is 2.28. The van der Waals surface area contributed by atoms with E-state index in [1.165, 1.54) is 32.1 Å². The van der Waals surface area contributed by atoms with Gasteiger partial charge < -0.3 is 10.6 Å². The fraction of sp³-hybridized carbons (Fsp3) is 0.941. The summed E-state index contributed by atoms with van der Waals surface area (Å²) >= 11 is 0. The lowest BCUT2D eigenvalue weighted by Gasteiger charge is -2.35. The van der Waals surface area contributed by atoms with E-state index < -0.39 is 0 Å². The molecule has 2 rings (SSSR count). The van der Waals surface area contributed by atoms with Gasteiger partial charge in [0, 0.05) is 25.6 Å². The normalized spacial score (nSPS) is 34.8. The minimum absolute atomic E-state index is 0.366. The molecular formula is C17H32N2O. The summed E-state index contributed by atoms with van der Waals surface area (Å²) in [5.74, 6) is 1.84. The molecule has 3 nitrogen and oxygen atoms in total. The summed E-state index contributed by atoms with van der Waals surface area (Å²) < 4.78 is 0. The summed E-state index contributed by atoms with van der Waals surface area (Å²) in [6.45, 7) is 2.29. The summed E-state index contributed by atoms with van der Waals surface area (Å²) in [6.07, 6.45) is 11.5. The van der Waals surface area contributed by atoms with Gasteiger partial charge in [0.15, 0.2) is 0 Å².